The molecule has 0 saturated heterocycles. The van der Waals surface area contributed by atoms with Gasteiger partial charge in [-0.05, 0) is 12.5 Å². The van der Waals surface area contributed by atoms with E-state index in [1.165, 1.54) is 6.07 Å². The molecule has 0 aliphatic heterocycles. The summed E-state index contributed by atoms with van der Waals surface area (Å²) in [6, 6.07) is 2.66. The van der Waals surface area contributed by atoms with Crippen LogP contribution < -0.4 is 10.5 Å². The van der Waals surface area contributed by atoms with Gasteiger partial charge in [0.05, 0.1) is 5.69 Å². The van der Waals surface area contributed by atoms with E-state index in [1.807, 2.05) is 6.92 Å². The van der Waals surface area contributed by atoms with Gasteiger partial charge in [-0.1, -0.05) is 13.3 Å². The van der Waals surface area contributed by atoms with E-state index in [-0.39, 0.29) is 5.82 Å². The van der Waals surface area contributed by atoms with Crippen LogP contribution in [0.1, 0.15) is 19.0 Å². The first kappa shape index (κ1) is 15.2. The number of aromatic amines is 1. The topological polar surface area (TPSA) is 101 Å². The van der Waals surface area contributed by atoms with Gasteiger partial charge in [0.25, 0.3) is 10.0 Å². The molecule has 114 valence electrons. The summed E-state index contributed by atoms with van der Waals surface area (Å²) in [6.07, 6.45) is 1.56. The Kier molecular flexibility index (Phi) is 4.12. The molecule has 0 atom stereocenters. The minimum atomic E-state index is -4.24. The van der Waals surface area contributed by atoms with E-state index in [1.54, 1.807) is 0 Å². The Morgan fingerprint density at radius 3 is 2.67 bits per heavy atom. The van der Waals surface area contributed by atoms with Crippen molar-refractivity contribution in [3.8, 4) is 0 Å². The minimum Gasteiger partial charge on any atom is -0.396 e. The molecule has 0 saturated carbocycles. The molecular weight excluding hydrogens is 302 g/mol. The third-order valence-corrected chi connectivity index (χ3v) is 4.10. The smallest absolute Gasteiger partial charge is 0.266 e. The number of halogens is 2. The number of nitrogen functional groups attached to an aromatic ring is 1. The predicted octanol–water partition coefficient (Wildman–Crippen LogP) is 2.02. The molecule has 6 nitrogen and oxygen atoms in total. The molecule has 0 aliphatic carbocycles. The van der Waals surface area contributed by atoms with Gasteiger partial charge in [-0.3, -0.25) is 9.82 Å². The summed E-state index contributed by atoms with van der Waals surface area (Å²) in [5.74, 6) is -2.21. The first-order chi connectivity index (χ1) is 9.83. The van der Waals surface area contributed by atoms with E-state index in [4.69, 9.17) is 5.73 Å². The Hall–Kier alpha value is -2.16. The van der Waals surface area contributed by atoms with Crippen molar-refractivity contribution in [1.82, 2.24) is 10.2 Å². The van der Waals surface area contributed by atoms with Crippen molar-refractivity contribution < 1.29 is 17.2 Å². The van der Waals surface area contributed by atoms with Crippen molar-refractivity contribution >= 4 is 21.5 Å². The summed E-state index contributed by atoms with van der Waals surface area (Å²) in [7, 11) is -4.24. The predicted molar refractivity (Wildman–Crippen MR) is 74.2 cm³/mol. The van der Waals surface area contributed by atoms with Gasteiger partial charge in [0.15, 0.2) is 5.82 Å². The average molecular weight is 316 g/mol. The van der Waals surface area contributed by atoms with Crippen LogP contribution in [-0.4, -0.2) is 18.6 Å². The van der Waals surface area contributed by atoms with Gasteiger partial charge >= 0.3 is 0 Å². The summed E-state index contributed by atoms with van der Waals surface area (Å²) in [5.41, 5.74) is 5.56. The Balaban J connectivity index is 2.31. The maximum Gasteiger partial charge on any atom is 0.266 e. The fraction of sp³-hybridized carbons (Fsp3) is 0.250. The van der Waals surface area contributed by atoms with Crippen LogP contribution in [0, 0.1) is 11.6 Å². The van der Waals surface area contributed by atoms with Crippen LogP contribution in [0.4, 0.5) is 20.3 Å². The molecule has 2 aromatic rings. The normalized spacial score (nSPS) is 11.6. The van der Waals surface area contributed by atoms with Crippen LogP contribution in [0.25, 0.3) is 0 Å². The lowest BCUT2D eigenvalue weighted by Crippen LogP contribution is -2.15. The molecule has 0 fully saturated rings. The maximum absolute atomic E-state index is 13.6. The van der Waals surface area contributed by atoms with Crippen molar-refractivity contribution in [3.05, 3.63) is 35.5 Å². The number of aryl methyl sites for hydroxylation is 1. The molecule has 0 bridgehead atoms. The van der Waals surface area contributed by atoms with Crippen LogP contribution in [0.2, 0.25) is 0 Å². The summed E-state index contributed by atoms with van der Waals surface area (Å²) >= 11 is 0. The van der Waals surface area contributed by atoms with Gasteiger partial charge in [0.2, 0.25) is 0 Å². The number of aromatic nitrogens is 2. The SMILES string of the molecule is CCCc1cc(NS(=O)(=O)c2cc(N)c(F)cc2F)n[nH]1. The largest absolute Gasteiger partial charge is 0.396 e. The number of rotatable bonds is 5. The minimum absolute atomic E-state index is 0.0285. The number of anilines is 2. The highest BCUT2D eigenvalue weighted by molar-refractivity contribution is 7.92. The molecule has 2 rings (SSSR count). The number of H-pyrrole nitrogens is 1. The highest BCUT2D eigenvalue weighted by atomic mass is 32.2. The molecule has 4 N–H and O–H groups in total. The highest BCUT2D eigenvalue weighted by Crippen LogP contribution is 2.23. The first-order valence-corrected chi connectivity index (χ1v) is 7.63. The van der Waals surface area contributed by atoms with Gasteiger partial charge < -0.3 is 5.73 Å². The van der Waals surface area contributed by atoms with Crippen molar-refractivity contribution in [1.29, 1.82) is 0 Å². The maximum atomic E-state index is 13.6. The van der Waals surface area contributed by atoms with Crippen molar-refractivity contribution in [2.24, 2.45) is 0 Å². The molecule has 21 heavy (non-hydrogen) atoms. The summed E-state index contributed by atoms with van der Waals surface area (Å²) < 4.78 is 52.9. The zero-order valence-corrected chi connectivity index (χ0v) is 12.0. The van der Waals surface area contributed by atoms with Gasteiger partial charge in [0.1, 0.15) is 16.5 Å². The molecule has 1 aromatic heterocycles. The van der Waals surface area contributed by atoms with Crippen LogP contribution in [0.5, 0.6) is 0 Å². The summed E-state index contributed by atoms with van der Waals surface area (Å²) in [4.78, 5) is -0.735. The van der Waals surface area contributed by atoms with Gasteiger partial charge in [-0.15, -0.1) is 0 Å². The first-order valence-electron chi connectivity index (χ1n) is 6.15. The third-order valence-electron chi connectivity index (χ3n) is 2.73. The molecule has 0 unspecified atom stereocenters. The number of sulfonamides is 1. The number of hydrogen-bond donors (Lipinski definition) is 3. The molecule has 1 heterocycles. The standard InChI is InChI=1S/C12H14F2N4O2S/c1-2-3-7-4-12(17-16-7)18-21(19,20)11-6-10(15)8(13)5-9(11)14/h4-6H,2-3,15H2,1H3,(H2,16,17,18). The number of nitrogens with zero attached hydrogens (tertiary/aromatic N) is 1. The summed E-state index contributed by atoms with van der Waals surface area (Å²) in [5, 5.41) is 6.43. The van der Waals surface area contributed by atoms with E-state index in [0.29, 0.717) is 12.5 Å². The second-order valence-electron chi connectivity index (χ2n) is 4.44. The monoisotopic (exact) mass is 316 g/mol. The molecule has 9 heteroatoms. The number of benzene rings is 1. The fourth-order valence-electron chi connectivity index (χ4n) is 1.75. The zero-order valence-electron chi connectivity index (χ0n) is 11.2. The van der Waals surface area contributed by atoms with Crippen LogP contribution in [0.3, 0.4) is 0 Å². The molecule has 0 aliphatic rings. The number of hydrogen-bond acceptors (Lipinski definition) is 4. The quantitative estimate of drug-likeness (QED) is 0.735. The average Bonchev–Trinajstić information content (AvgIpc) is 2.80. The molecular formula is C12H14F2N4O2S. The molecule has 1 aromatic carbocycles. The van der Waals surface area contributed by atoms with Gasteiger partial charge in [-0.2, -0.15) is 5.10 Å². The lowest BCUT2D eigenvalue weighted by Gasteiger charge is -2.07. The van der Waals surface area contributed by atoms with E-state index >= 15 is 0 Å². The van der Waals surface area contributed by atoms with E-state index < -0.39 is 32.2 Å². The van der Waals surface area contributed by atoms with Gasteiger partial charge in [-0.25, -0.2) is 17.2 Å². The fourth-order valence-corrected chi connectivity index (χ4v) is 2.84. The van der Waals surface area contributed by atoms with Crippen molar-refractivity contribution in [3.63, 3.8) is 0 Å². The highest BCUT2D eigenvalue weighted by Gasteiger charge is 2.22. The Morgan fingerprint density at radius 1 is 1.29 bits per heavy atom. The lowest BCUT2D eigenvalue weighted by molar-refractivity contribution is 0.553. The van der Waals surface area contributed by atoms with E-state index in [2.05, 4.69) is 14.9 Å². The summed E-state index contributed by atoms with van der Waals surface area (Å²) in [6.45, 7) is 1.96. The second-order valence-corrected chi connectivity index (χ2v) is 6.09. The van der Waals surface area contributed by atoms with E-state index in [9.17, 15) is 17.2 Å². The number of nitrogens with one attached hydrogen (secondary N) is 2. The Morgan fingerprint density at radius 2 is 2.00 bits per heavy atom. The Labute approximate surface area is 120 Å². The number of nitrogens with two attached hydrogens (primary N) is 1. The van der Waals surface area contributed by atoms with Crippen molar-refractivity contribution in [2.75, 3.05) is 10.5 Å². The van der Waals surface area contributed by atoms with Crippen LogP contribution in [-0.2, 0) is 16.4 Å². The van der Waals surface area contributed by atoms with Crippen LogP contribution >= 0.6 is 0 Å². The van der Waals surface area contributed by atoms with Crippen molar-refractivity contribution in [2.45, 2.75) is 24.7 Å². The Bertz CT molecular complexity index is 759. The van der Waals surface area contributed by atoms with E-state index in [0.717, 1.165) is 18.2 Å². The zero-order chi connectivity index (χ0) is 15.6. The van der Waals surface area contributed by atoms with Gasteiger partial charge in [0, 0.05) is 17.8 Å². The molecule has 0 amide bonds. The second kappa shape index (κ2) is 5.68. The lowest BCUT2D eigenvalue weighted by atomic mass is 10.2. The van der Waals surface area contributed by atoms with Crippen LogP contribution in [0.15, 0.2) is 23.1 Å². The molecule has 0 radical (unpaired) electrons. The third kappa shape index (κ3) is 3.30. The molecule has 0 spiro atoms.